The Hall–Kier alpha value is -2.24. The Labute approximate surface area is 152 Å². The second-order valence-corrected chi connectivity index (χ2v) is 6.73. The number of nitrogens with zero attached hydrogens (tertiary/aromatic N) is 1. The van der Waals surface area contributed by atoms with E-state index in [1.54, 1.807) is 18.2 Å². The lowest BCUT2D eigenvalue weighted by Crippen LogP contribution is -3.19. The number of para-hydroxylation sites is 3. The maximum atomic E-state index is 12.5. The number of aromatic hydroxyl groups is 1. The van der Waals surface area contributed by atoms with Crippen LogP contribution in [-0.4, -0.2) is 43.2 Å². The van der Waals surface area contributed by atoms with E-state index in [1.165, 1.54) is 4.90 Å². The van der Waals surface area contributed by atoms with Gasteiger partial charge in [0.25, 0.3) is 5.91 Å². The molecule has 2 aromatic rings. The Balaban J connectivity index is 1.58. The van der Waals surface area contributed by atoms with Crippen molar-refractivity contribution in [1.29, 1.82) is 0 Å². The van der Waals surface area contributed by atoms with Crippen molar-refractivity contribution >= 4 is 28.9 Å². The number of hydrogen-bond acceptors (Lipinski definition) is 3. The summed E-state index contributed by atoms with van der Waals surface area (Å²) in [7, 11) is 0. The zero-order valence-electron chi connectivity index (χ0n) is 14.2. The first-order chi connectivity index (χ1) is 12.1. The van der Waals surface area contributed by atoms with E-state index in [0.717, 1.165) is 31.9 Å². The van der Waals surface area contributed by atoms with E-state index in [-0.39, 0.29) is 11.9 Å². The molecule has 2 aromatic carbocycles. The summed E-state index contributed by atoms with van der Waals surface area (Å²) in [6.45, 7) is 5.22. The van der Waals surface area contributed by atoms with Gasteiger partial charge in [0.1, 0.15) is 5.75 Å². The zero-order chi connectivity index (χ0) is 17.8. The minimum Gasteiger partial charge on any atom is -0.506 e. The van der Waals surface area contributed by atoms with Crippen molar-refractivity contribution in [2.75, 3.05) is 36.4 Å². The highest BCUT2D eigenvalue weighted by Gasteiger charge is 2.30. The van der Waals surface area contributed by atoms with Gasteiger partial charge in [-0.3, -0.25) is 4.79 Å². The van der Waals surface area contributed by atoms with E-state index in [4.69, 9.17) is 11.6 Å². The highest BCUT2D eigenvalue weighted by Crippen LogP contribution is 2.26. The van der Waals surface area contributed by atoms with E-state index in [1.807, 2.05) is 37.3 Å². The Bertz CT molecular complexity index is 745. The number of phenols is 1. The third-order valence-corrected chi connectivity index (χ3v) is 5.10. The van der Waals surface area contributed by atoms with Crippen LogP contribution in [0, 0.1) is 0 Å². The summed E-state index contributed by atoms with van der Waals surface area (Å²) in [5, 5.41) is 13.4. The molecular formula is C19H23ClN3O2+. The number of carbonyl (C=O) groups excluding carboxylic acids is 1. The number of quaternary nitrogens is 1. The largest absolute Gasteiger partial charge is 0.506 e. The molecule has 0 bridgehead atoms. The van der Waals surface area contributed by atoms with Crippen molar-refractivity contribution in [3.63, 3.8) is 0 Å². The third kappa shape index (κ3) is 4.06. The summed E-state index contributed by atoms with van der Waals surface area (Å²) in [5.41, 5.74) is 1.50. The molecule has 1 fully saturated rings. The molecule has 0 aliphatic carbocycles. The molecule has 0 unspecified atom stereocenters. The van der Waals surface area contributed by atoms with Gasteiger partial charge in [0.2, 0.25) is 0 Å². The lowest BCUT2D eigenvalue weighted by molar-refractivity contribution is -0.914. The molecule has 5 nitrogen and oxygen atoms in total. The standard InChI is InChI=1S/C19H22ClN3O2/c1-14(19(25)21-16-7-3-2-6-15(16)20)22-10-12-23(13-11-22)17-8-4-5-9-18(17)24/h2-9,14,24H,10-13H2,1H3,(H,21,25)/p+1/t14-/m0/s1. The minimum atomic E-state index is -0.164. The van der Waals surface area contributed by atoms with Crippen LogP contribution in [0.1, 0.15) is 6.92 Å². The molecule has 25 heavy (non-hydrogen) atoms. The number of amides is 1. The molecule has 6 heteroatoms. The van der Waals surface area contributed by atoms with E-state index in [9.17, 15) is 9.90 Å². The quantitative estimate of drug-likeness (QED) is 0.779. The number of nitrogens with one attached hydrogen (secondary N) is 2. The first kappa shape index (κ1) is 17.6. The fraction of sp³-hybridized carbons (Fsp3) is 0.316. The second kappa shape index (κ2) is 7.76. The van der Waals surface area contributed by atoms with Gasteiger partial charge in [-0.2, -0.15) is 0 Å². The summed E-state index contributed by atoms with van der Waals surface area (Å²) in [6, 6.07) is 14.5. The van der Waals surface area contributed by atoms with Crippen molar-refractivity contribution in [1.82, 2.24) is 0 Å². The molecule has 3 rings (SSSR count). The fourth-order valence-corrected chi connectivity index (χ4v) is 3.37. The van der Waals surface area contributed by atoms with E-state index in [2.05, 4.69) is 10.2 Å². The Morgan fingerprint density at radius 2 is 1.80 bits per heavy atom. The van der Waals surface area contributed by atoms with Gasteiger partial charge in [-0.1, -0.05) is 35.9 Å². The molecule has 1 saturated heterocycles. The summed E-state index contributed by atoms with van der Waals surface area (Å²) in [6.07, 6.45) is 0. The van der Waals surface area contributed by atoms with Crippen LogP contribution in [0.4, 0.5) is 11.4 Å². The van der Waals surface area contributed by atoms with Gasteiger partial charge in [-0.15, -0.1) is 0 Å². The topological polar surface area (TPSA) is 57.0 Å². The van der Waals surface area contributed by atoms with Crippen molar-refractivity contribution in [3.8, 4) is 5.75 Å². The van der Waals surface area contributed by atoms with E-state index >= 15 is 0 Å². The molecule has 0 radical (unpaired) electrons. The average Bonchev–Trinajstić information content (AvgIpc) is 2.63. The summed E-state index contributed by atoms with van der Waals surface area (Å²) >= 11 is 6.11. The van der Waals surface area contributed by atoms with Crippen molar-refractivity contribution in [2.45, 2.75) is 13.0 Å². The van der Waals surface area contributed by atoms with Gasteiger partial charge in [0.05, 0.1) is 42.6 Å². The number of phenolic OH excluding ortho intramolecular Hbond substituents is 1. The van der Waals surface area contributed by atoms with Gasteiger partial charge in [0, 0.05) is 0 Å². The van der Waals surface area contributed by atoms with Crippen LogP contribution < -0.4 is 15.1 Å². The molecule has 132 valence electrons. The predicted octanol–water partition coefficient (Wildman–Crippen LogP) is 1.78. The van der Waals surface area contributed by atoms with Gasteiger partial charge in [0.15, 0.2) is 6.04 Å². The highest BCUT2D eigenvalue weighted by atomic mass is 35.5. The number of halogens is 1. The van der Waals surface area contributed by atoms with Crippen LogP contribution in [0.5, 0.6) is 5.75 Å². The smallest absolute Gasteiger partial charge is 0.282 e. The van der Waals surface area contributed by atoms with Crippen LogP contribution in [0.2, 0.25) is 5.02 Å². The summed E-state index contributed by atoms with van der Waals surface area (Å²) in [5.74, 6) is 0.273. The Morgan fingerprint density at radius 3 is 2.48 bits per heavy atom. The first-order valence-electron chi connectivity index (χ1n) is 8.49. The van der Waals surface area contributed by atoms with Gasteiger partial charge in [-0.05, 0) is 31.2 Å². The molecule has 3 N–H and O–H groups in total. The molecular weight excluding hydrogens is 338 g/mol. The molecule has 1 amide bonds. The molecule has 1 aliphatic rings. The van der Waals surface area contributed by atoms with Crippen molar-refractivity contribution < 1.29 is 14.8 Å². The molecule has 0 spiro atoms. The highest BCUT2D eigenvalue weighted by molar-refractivity contribution is 6.33. The first-order valence-corrected chi connectivity index (χ1v) is 8.87. The molecule has 0 aromatic heterocycles. The number of piperazine rings is 1. The number of carbonyl (C=O) groups is 1. The summed E-state index contributed by atoms with van der Waals surface area (Å²) < 4.78 is 0. The van der Waals surface area contributed by atoms with Crippen molar-refractivity contribution in [3.05, 3.63) is 53.6 Å². The van der Waals surface area contributed by atoms with Crippen LogP contribution in [0.3, 0.4) is 0 Å². The Kier molecular flexibility index (Phi) is 5.46. The third-order valence-electron chi connectivity index (χ3n) is 4.77. The number of anilines is 2. The average molecular weight is 361 g/mol. The van der Waals surface area contributed by atoms with Crippen LogP contribution in [0.15, 0.2) is 48.5 Å². The predicted molar refractivity (Wildman–Crippen MR) is 101 cm³/mol. The number of benzene rings is 2. The van der Waals surface area contributed by atoms with Crippen LogP contribution in [0.25, 0.3) is 0 Å². The molecule has 0 saturated carbocycles. The lowest BCUT2D eigenvalue weighted by atomic mass is 10.2. The van der Waals surface area contributed by atoms with E-state index in [0.29, 0.717) is 16.5 Å². The molecule has 1 heterocycles. The maximum Gasteiger partial charge on any atom is 0.282 e. The zero-order valence-corrected chi connectivity index (χ0v) is 15.0. The normalized spacial score (nSPS) is 16.5. The number of hydrogen-bond donors (Lipinski definition) is 3. The van der Waals surface area contributed by atoms with Crippen molar-refractivity contribution in [2.24, 2.45) is 0 Å². The molecule has 1 aliphatic heterocycles. The molecule has 1 atom stereocenters. The number of rotatable bonds is 4. The Morgan fingerprint density at radius 1 is 1.16 bits per heavy atom. The SMILES string of the molecule is C[C@@H](C(=O)Nc1ccccc1Cl)[NH+]1CCN(c2ccccc2O)CC1. The minimum absolute atomic E-state index is 0.0286. The second-order valence-electron chi connectivity index (χ2n) is 6.32. The monoisotopic (exact) mass is 360 g/mol. The lowest BCUT2D eigenvalue weighted by Gasteiger charge is -2.36. The van der Waals surface area contributed by atoms with Crippen LogP contribution in [-0.2, 0) is 4.79 Å². The fourth-order valence-electron chi connectivity index (χ4n) is 3.19. The maximum absolute atomic E-state index is 12.5. The van der Waals surface area contributed by atoms with Gasteiger partial charge >= 0.3 is 0 Å². The summed E-state index contributed by atoms with van der Waals surface area (Å²) in [4.78, 5) is 15.9. The van der Waals surface area contributed by atoms with Gasteiger partial charge < -0.3 is 20.2 Å². The van der Waals surface area contributed by atoms with E-state index < -0.39 is 0 Å². The van der Waals surface area contributed by atoms with Crippen LogP contribution >= 0.6 is 11.6 Å². The van der Waals surface area contributed by atoms with Gasteiger partial charge in [-0.25, -0.2) is 0 Å².